The molecule has 1 fully saturated rings. The van der Waals surface area contributed by atoms with Gasteiger partial charge in [-0.15, -0.1) is 0 Å². The quantitative estimate of drug-likeness (QED) is 0.326. The van der Waals surface area contributed by atoms with Crippen molar-refractivity contribution in [1.29, 1.82) is 0 Å². The van der Waals surface area contributed by atoms with Crippen molar-refractivity contribution in [1.82, 2.24) is 9.55 Å². The van der Waals surface area contributed by atoms with E-state index in [4.69, 9.17) is 21.3 Å². The molecular weight excluding hydrogens is 260 g/mol. The van der Waals surface area contributed by atoms with Gasteiger partial charge in [0.25, 0.3) is 11.8 Å². The van der Waals surface area contributed by atoms with Gasteiger partial charge in [0, 0.05) is 0 Å². The Morgan fingerprint density at radius 2 is 2.21 bits per heavy atom. The molecule has 10 heteroatoms. The van der Waals surface area contributed by atoms with E-state index >= 15 is 0 Å². The lowest BCUT2D eigenvalue weighted by Crippen LogP contribution is -2.45. The Labute approximate surface area is 106 Å². The van der Waals surface area contributed by atoms with Gasteiger partial charge in [0.05, 0.1) is 6.61 Å². The molecule has 4 atom stereocenters. The van der Waals surface area contributed by atoms with Crippen LogP contribution in [0.25, 0.3) is 0 Å². The highest BCUT2D eigenvalue weighted by molar-refractivity contribution is 5.95. The van der Waals surface area contributed by atoms with Crippen molar-refractivity contribution in [2.45, 2.75) is 24.2 Å². The van der Waals surface area contributed by atoms with E-state index in [0.29, 0.717) is 0 Å². The smallest absolute Gasteiger partial charge is 0.286 e. The number of anilines is 1. The average Bonchev–Trinajstić information content (AvgIpc) is 2.84. The number of nitrogens with two attached hydrogens (primary N) is 2. The van der Waals surface area contributed by atoms with Crippen LogP contribution in [0.3, 0.4) is 0 Å². The molecule has 0 saturated carbocycles. The first-order valence-corrected chi connectivity index (χ1v) is 5.33. The van der Waals surface area contributed by atoms with E-state index in [9.17, 15) is 20.1 Å². The van der Waals surface area contributed by atoms with Gasteiger partial charge in [-0.2, -0.15) is 0 Å². The first-order valence-electron chi connectivity index (χ1n) is 5.33. The molecular formula is C9H14N4O6. The lowest BCUT2D eigenvalue weighted by Gasteiger charge is -2.27. The van der Waals surface area contributed by atoms with Crippen molar-refractivity contribution < 1.29 is 30.0 Å². The second-order valence-electron chi connectivity index (χ2n) is 4.15. The molecule has 0 unspecified atom stereocenters. The molecule has 2 heterocycles. The topological polar surface area (TPSA) is 177 Å². The van der Waals surface area contributed by atoms with Crippen LogP contribution in [0.4, 0.5) is 5.82 Å². The van der Waals surface area contributed by atoms with E-state index in [-0.39, 0.29) is 11.5 Å². The number of hydrogen-bond donors (Lipinski definition) is 6. The van der Waals surface area contributed by atoms with E-state index < -0.39 is 36.7 Å². The molecule has 1 aliphatic rings. The average molecular weight is 274 g/mol. The van der Waals surface area contributed by atoms with Crippen LogP contribution >= 0.6 is 0 Å². The maximum absolute atomic E-state index is 11.0. The molecule has 0 aromatic carbocycles. The molecule has 10 nitrogen and oxygen atoms in total. The van der Waals surface area contributed by atoms with Crippen LogP contribution in [-0.2, 0) is 10.6 Å². The summed E-state index contributed by atoms with van der Waals surface area (Å²) in [6, 6.07) is 0. The number of carbonyl (C=O) groups excluding carboxylic acids is 1. The molecule has 19 heavy (non-hydrogen) atoms. The number of nitrogens with zero attached hydrogens (tertiary/aromatic N) is 2. The SMILES string of the molecule is NC(=O)c1ncn([C@@]2(O)O[C@H](CO)[C@@H](O)[C@H]2O)c1N. The van der Waals surface area contributed by atoms with Crippen LogP contribution in [0.15, 0.2) is 6.33 Å². The fraction of sp³-hybridized carbons (Fsp3) is 0.556. The van der Waals surface area contributed by atoms with Crippen LogP contribution in [0, 0.1) is 0 Å². The van der Waals surface area contributed by atoms with Gasteiger partial charge < -0.3 is 36.6 Å². The second kappa shape index (κ2) is 4.43. The Morgan fingerprint density at radius 3 is 2.63 bits per heavy atom. The summed E-state index contributed by atoms with van der Waals surface area (Å²) < 4.78 is 5.74. The predicted molar refractivity (Wildman–Crippen MR) is 59.3 cm³/mol. The third-order valence-electron chi connectivity index (χ3n) is 2.98. The Bertz CT molecular complexity index is 505. The van der Waals surface area contributed by atoms with Crippen molar-refractivity contribution in [2.75, 3.05) is 12.3 Å². The summed E-state index contributed by atoms with van der Waals surface area (Å²) in [6.07, 6.45) is -3.60. The Kier molecular flexibility index (Phi) is 3.20. The molecule has 0 spiro atoms. The second-order valence-corrected chi connectivity index (χ2v) is 4.15. The number of nitrogen functional groups attached to an aromatic ring is 1. The van der Waals surface area contributed by atoms with Gasteiger partial charge >= 0.3 is 0 Å². The number of imidazole rings is 1. The van der Waals surface area contributed by atoms with Crippen LogP contribution in [0.5, 0.6) is 0 Å². The van der Waals surface area contributed by atoms with Gasteiger partial charge in [0.15, 0.2) is 11.8 Å². The van der Waals surface area contributed by atoms with Crippen molar-refractivity contribution in [3.8, 4) is 0 Å². The number of aliphatic hydroxyl groups excluding tert-OH is 3. The number of aromatic nitrogens is 2. The number of amides is 1. The number of primary amides is 1. The van der Waals surface area contributed by atoms with Gasteiger partial charge in [0.2, 0.25) is 0 Å². The summed E-state index contributed by atoms with van der Waals surface area (Å²) in [5.74, 6) is -3.70. The molecule has 106 valence electrons. The van der Waals surface area contributed by atoms with Gasteiger partial charge in [-0.1, -0.05) is 0 Å². The Morgan fingerprint density at radius 1 is 1.58 bits per heavy atom. The molecule has 1 amide bonds. The maximum Gasteiger partial charge on any atom is 0.286 e. The lowest BCUT2D eigenvalue weighted by molar-refractivity contribution is -0.287. The molecule has 1 aliphatic heterocycles. The minimum Gasteiger partial charge on any atom is -0.394 e. The number of hydrogen-bond acceptors (Lipinski definition) is 8. The first-order chi connectivity index (χ1) is 8.82. The summed E-state index contributed by atoms with van der Waals surface area (Å²) in [5, 5.41) is 38.6. The molecule has 1 aromatic heterocycles. The number of carbonyl (C=O) groups is 1. The zero-order valence-corrected chi connectivity index (χ0v) is 9.67. The third kappa shape index (κ3) is 1.86. The zero-order valence-electron chi connectivity index (χ0n) is 9.67. The van der Waals surface area contributed by atoms with Gasteiger partial charge in [-0.3, -0.25) is 9.36 Å². The normalized spacial score (nSPS) is 34.6. The standard InChI is InChI=1S/C9H14N4O6/c10-7-4(8(11)17)12-2-13(7)9(18)6(16)5(15)3(1-14)19-9/h2-3,5-6,14-16,18H,1,10H2,(H2,11,17)/t3-,5-,6-,9+/m1/s1. The van der Waals surface area contributed by atoms with E-state index in [1.54, 1.807) is 0 Å². The van der Waals surface area contributed by atoms with Gasteiger partial charge in [-0.25, -0.2) is 4.98 Å². The predicted octanol–water partition coefficient (Wildman–Crippen LogP) is -3.72. The summed E-state index contributed by atoms with van der Waals surface area (Å²) in [7, 11) is 0. The molecule has 1 saturated heterocycles. The van der Waals surface area contributed by atoms with Crippen molar-refractivity contribution >= 4 is 11.7 Å². The highest BCUT2D eigenvalue weighted by Crippen LogP contribution is 2.35. The lowest BCUT2D eigenvalue weighted by atomic mass is 10.1. The Balaban J connectivity index is 2.43. The van der Waals surface area contributed by atoms with Crippen molar-refractivity contribution in [2.24, 2.45) is 5.73 Å². The fourth-order valence-electron chi connectivity index (χ4n) is 1.94. The highest BCUT2D eigenvalue weighted by atomic mass is 16.7. The number of aliphatic hydroxyl groups is 4. The van der Waals surface area contributed by atoms with Crippen molar-refractivity contribution in [3.63, 3.8) is 0 Å². The summed E-state index contributed by atoms with van der Waals surface area (Å²) in [5.41, 5.74) is 10.3. The number of ether oxygens (including phenoxy) is 1. The van der Waals surface area contributed by atoms with Crippen molar-refractivity contribution in [3.05, 3.63) is 12.0 Å². The maximum atomic E-state index is 11.0. The minimum absolute atomic E-state index is 0.314. The molecule has 0 radical (unpaired) electrons. The van der Waals surface area contributed by atoms with Crippen LogP contribution < -0.4 is 11.5 Å². The number of rotatable bonds is 3. The van der Waals surface area contributed by atoms with Crippen LogP contribution in [0.1, 0.15) is 10.5 Å². The molecule has 1 aromatic rings. The molecule has 8 N–H and O–H groups in total. The third-order valence-corrected chi connectivity index (χ3v) is 2.98. The first kappa shape index (κ1) is 13.7. The summed E-state index contributed by atoms with van der Waals surface area (Å²) in [6.45, 7) is -0.627. The van der Waals surface area contributed by atoms with E-state index in [1.807, 2.05) is 0 Å². The fourth-order valence-corrected chi connectivity index (χ4v) is 1.94. The highest BCUT2D eigenvalue weighted by Gasteiger charge is 2.55. The van der Waals surface area contributed by atoms with Crippen LogP contribution in [-0.4, -0.2) is 60.8 Å². The zero-order chi connectivity index (χ0) is 14.4. The molecule has 0 bridgehead atoms. The van der Waals surface area contributed by atoms with Gasteiger partial charge in [-0.05, 0) is 0 Å². The van der Waals surface area contributed by atoms with Crippen LogP contribution in [0.2, 0.25) is 0 Å². The van der Waals surface area contributed by atoms with E-state index in [0.717, 1.165) is 10.9 Å². The Hall–Kier alpha value is -1.72. The minimum atomic E-state index is -2.45. The summed E-state index contributed by atoms with van der Waals surface area (Å²) in [4.78, 5) is 14.6. The molecule has 0 aliphatic carbocycles. The molecule has 2 rings (SSSR count). The van der Waals surface area contributed by atoms with E-state index in [2.05, 4.69) is 4.98 Å². The monoisotopic (exact) mass is 274 g/mol. The van der Waals surface area contributed by atoms with Gasteiger partial charge in [0.1, 0.15) is 24.4 Å². The van der Waals surface area contributed by atoms with E-state index in [1.165, 1.54) is 0 Å². The summed E-state index contributed by atoms with van der Waals surface area (Å²) >= 11 is 0. The largest absolute Gasteiger partial charge is 0.394 e.